The zero-order valence-electron chi connectivity index (χ0n) is 27.5. The molecule has 5 nitrogen and oxygen atoms in total. The molecular weight excluding hydrogens is 646 g/mol. The second-order valence-corrected chi connectivity index (χ2v) is 18.0. The van der Waals surface area contributed by atoms with Crippen LogP contribution in [-0.2, 0) is 9.13 Å². The number of fused-ring (bicyclic) bond motifs is 6. The third-order valence-corrected chi connectivity index (χ3v) is 15.7. The summed E-state index contributed by atoms with van der Waals surface area (Å²) in [6.45, 7) is 5.98. The first-order valence-corrected chi connectivity index (χ1v) is 19.9. The van der Waals surface area contributed by atoms with Gasteiger partial charge in [0.15, 0.2) is 0 Å². The summed E-state index contributed by atoms with van der Waals surface area (Å²) in [5, 5.41) is 12.8. The summed E-state index contributed by atoms with van der Waals surface area (Å²) < 4.78 is 44.1. The van der Waals surface area contributed by atoms with Crippen LogP contribution in [0, 0.1) is 12.8 Å². The van der Waals surface area contributed by atoms with Crippen molar-refractivity contribution >= 4 is 25.3 Å². The Hall–Kier alpha value is -4.82. The SMILES string of the molecule is Cc1cccc(C(c2ccc(C(C(C)C)P3(=O)Oc4ccccc4-c4ccccc43)cc2)P2(=O)Oc3ccccc3-c3ccccc32)c1O. The summed E-state index contributed by atoms with van der Waals surface area (Å²) in [4.78, 5) is 0. The van der Waals surface area contributed by atoms with Gasteiger partial charge >= 0.3 is 0 Å². The Balaban J connectivity index is 1.28. The maximum atomic E-state index is 15.7. The number of hydrogen-bond donors (Lipinski definition) is 1. The molecule has 0 aliphatic carbocycles. The van der Waals surface area contributed by atoms with Gasteiger partial charge in [-0.2, -0.15) is 0 Å². The number of hydrogen-bond acceptors (Lipinski definition) is 5. The molecule has 6 aromatic carbocycles. The monoisotopic (exact) mass is 682 g/mol. The Bertz CT molecular complexity index is 2330. The van der Waals surface area contributed by atoms with Crippen LogP contribution in [-0.4, -0.2) is 5.11 Å². The number of para-hydroxylation sites is 3. The minimum Gasteiger partial charge on any atom is -0.507 e. The van der Waals surface area contributed by atoms with E-state index in [0.29, 0.717) is 33.2 Å². The fraction of sp³-hybridized carbons (Fsp3) is 0.143. The number of benzene rings is 6. The van der Waals surface area contributed by atoms with Crippen LogP contribution < -0.4 is 19.7 Å². The number of phenols is 1. The summed E-state index contributed by atoms with van der Waals surface area (Å²) in [6.07, 6.45) is 0. The minimum absolute atomic E-state index is 0.0324. The second kappa shape index (κ2) is 11.9. The first kappa shape index (κ1) is 31.4. The molecular formula is C42H36O5P2. The standard InChI is InChI=1S/C42H36O5P2/c1-27(2)41(48(44)38-21-10-6-16-33(38)31-14-4-8-19-36(31)46-48)29-23-25-30(26-24-29)42(35-18-12-13-28(3)40(35)43)49(45)39-22-11-7-17-34(39)32-15-5-9-20-37(32)47-49/h4-27,41-43H,1-3H3. The molecule has 6 aromatic rings. The van der Waals surface area contributed by atoms with E-state index >= 15 is 9.13 Å². The van der Waals surface area contributed by atoms with Gasteiger partial charge in [0.2, 0.25) is 0 Å². The Morgan fingerprint density at radius 2 is 1.00 bits per heavy atom. The van der Waals surface area contributed by atoms with Gasteiger partial charge in [-0.3, -0.25) is 9.13 Å². The van der Waals surface area contributed by atoms with Crippen LogP contribution in [0.4, 0.5) is 0 Å². The van der Waals surface area contributed by atoms with E-state index in [9.17, 15) is 5.11 Å². The quantitative estimate of drug-likeness (QED) is 0.177. The van der Waals surface area contributed by atoms with Gasteiger partial charge in [-0.1, -0.05) is 129 Å². The molecule has 1 N–H and O–H groups in total. The van der Waals surface area contributed by atoms with Crippen molar-refractivity contribution in [1.29, 1.82) is 0 Å². The van der Waals surface area contributed by atoms with E-state index in [1.807, 2.05) is 146 Å². The van der Waals surface area contributed by atoms with E-state index in [2.05, 4.69) is 13.8 Å². The van der Waals surface area contributed by atoms with Crippen molar-refractivity contribution < 1.29 is 23.3 Å². The van der Waals surface area contributed by atoms with Crippen LogP contribution >= 0.6 is 14.7 Å². The first-order valence-electron chi connectivity index (χ1n) is 16.6. The number of phenolic OH excluding ortho intramolecular Hbond substituents is 1. The lowest BCUT2D eigenvalue weighted by Gasteiger charge is -2.36. The molecule has 0 bridgehead atoms. The predicted molar refractivity (Wildman–Crippen MR) is 198 cm³/mol. The van der Waals surface area contributed by atoms with Crippen LogP contribution in [0.15, 0.2) is 140 Å². The van der Waals surface area contributed by atoms with Gasteiger partial charge in [-0.15, -0.1) is 0 Å². The van der Waals surface area contributed by atoms with Gasteiger partial charge < -0.3 is 14.2 Å². The molecule has 8 rings (SSSR count). The molecule has 0 saturated carbocycles. The van der Waals surface area contributed by atoms with Crippen LogP contribution in [0.3, 0.4) is 0 Å². The van der Waals surface area contributed by atoms with Crippen molar-refractivity contribution in [3.63, 3.8) is 0 Å². The lowest BCUT2D eigenvalue weighted by molar-refractivity contribution is 0.455. The topological polar surface area (TPSA) is 72.8 Å². The zero-order chi connectivity index (χ0) is 33.9. The molecule has 0 fully saturated rings. The van der Waals surface area contributed by atoms with E-state index in [-0.39, 0.29) is 11.7 Å². The smallest absolute Gasteiger partial charge is 0.289 e. The third-order valence-electron chi connectivity index (χ3n) is 9.80. The summed E-state index contributed by atoms with van der Waals surface area (Å²) in [6, 6.07) is 44.3. The van der Waals surface area contributed by atoms with Crippen LogP contribution in [0.25, 0.3) is 22.3 Å². The maximum Gasteiger partial charge on any atom is 0.289 e. The molecule has 2 aliphatic rings. The molecule has 0 spiro atoms. The van der Waals surface area contributed by atoms with Gasteiger partial charge in [-0.25, -0.2) is 0 Å². The van der Waals surface area contributed by atoms with E-state index in [1.165, 1.54) is 0 Å². The van der Waals surface area contributed by atoms with Gasteiger partial charge in [-0.05, 0) is 64.9 Å². The first-order chi connectivity index (χ1) is 23.7. The fourth-order valence-corrected chi connectivity index (χ4v) is 13.6. The third kappa shape index (κ3) is 4.99. The number of rotatable bonds is 6. The Labute approximate surface area is 287 Å². The van der Waals surface area contributed by atoms with Crippen molar-refractivity contribution in [3.8, 4) is 39.5 Å². The molecule has 244 valence electrons. The molecule has 0 aromatic heterocycles. The molecule has 4 atom stereocenters. The van der Waals surface area contributed by atoms with Gasteiger partial charge in [0.1, 0.15) is 22.9 Å². The van der Waals surface area contributed by atoms with Crippen LogP contribution in [0.1, 0.15) is 47.4 Å². The highest BCUT2D eigenvalue weighted by Crippen LogP contribution is 2.68. The molecule has 0 saturated heterocycles. The molecule has 0 radical (unpaired) electrons. The number of aryl methyl sites for hydroxylation is 1. The van der Waals surface area contributed by atoms with Crippen molar-refractivity contribution in [3.05, 3.63) is 162 Å². The molecule has 2 aliphatic heterocycles. The highest BCUT2D eigenvalue weighted by Gasteiger charge is 2.47. The summed E-state index contributed by atoms with van der Waals surface area (Å²) in [5.74, 6) is 1.22. The van der Waals surface area contributed by atoms with E-state index in [0.717, 1.165) is 33.4 Å². The van der Waals surface area contributed by atoms with E-state index in [1.54, 1.807) is 0 Å². The van der Waals surface area contributed by atoms with Gasteiger partial charge in [0.25, 0.3) is 14.7 Å². The van der Waals surface area contributed by atoms with Crippen molar-refractivity contribution in [2.75, 3.05) is 0 Å². The normalized spacial score (nSPS) is 20.1. The van der Waals surface area contributed by atoms with Gasteiger partial charge in [0.05, 0.1) is 16.3 Å². The highest BCUT2D eigenvalue weighted by molar-refractivity contribution is 7.68. The Morgan fingerprint density at radius 3 is 1.57 bits per heavy atom. The zero-order valence-corrected chi connectivity index (χ0v) is 29.3. The lowest BCUT2D eigenvalue weighted by atomic mass is 9.97. The van der Waals surface area contributed by atoms with Crippen molar-refractivity contribution in [1.82, 2.24) is 0 Å². The fourth-order valence-electron chi connectivity index (χ4n) is 7.58. The lowest BCUT2D eigenvalue weighted by Crippen LogP contribution is -2.25. The molecule has 7 heteroatoms. The summed E-state index contributed by atoms with van der Waals surface area (Å²) >= 11 is 0. The van der Waals surface area contributed by atoms with E-state index < -0.39 is 26.1 Å². The average molecular weight is 683 g/mol. The van der Waals surface area contributed by atoms with E-state index in [4.69, 9.17) is 9.05 Å². The van der Waals surface area contributed by atoms with Crippen molar-refractivity contribution in [2.45, 2.75) is 32.1 Å². The minimum atomic E-state index is -3.75. The molecule has 49 heavy (non-hydrogen) atoms. The van der Waals surface area contributed by atoms with Gasteiger partial charge in [0, 0.05) is 16.7 Å². The molecule has 0 amide bonds. The summed E-state index contributed by atoms with van der Waals surface area (Å²) in [7, 11) is -7.23. The van der Waals surface area contributed by atoms with Crippen LogP contribution in [0.2, 0.25) is 0 Å². The molecule has 2 heterocycles. The highest BCUT2D eigenvalue weighted by atomic mass is 31.2. The second-order valence-electron chi connectivity index (χ2n) is 13.2. The maximum absolute atomic E-state index is 15.7. The number of aromatic hydroxyl groups is 1. The van der Waals surface area contributed by atoms with Crippen LogP contribution in [0.5, 0.6) is 17.2 Å². The predicted octanol–water partition coefficient (Wildman–Crippen LogP) is 10.8. The Kier molecular flexibility index (Phi) is 7.67. The van der Waals surface area contributed by atoms with Crippen molar-refractivity contribution in [2.24, 2.45) is 5.92 Å². The average Bonchev–Trinajstić information content (AvgIpc) is 3.11. The largest absolute Gasteiger partial charge is 0.507 e. The summed E-state index contributed by atoms with van der Waals surface area (Å²) in [5.41, 5.74) is 5.12. The molecule has 4 unspecified atom stereocenters. The Morgan fingerprint density at radius 1 is 0.531 bits per heavy atom.